The van der Waals surface area contributed by atoms with Crippen LogP contribution in [0.2, 0.25) is 0 Å². The molecule has 2 N–H and O–H groups in total. The molecule has 0 radical (unpaired) electrons. The number of pyridine rings is 1. The van der Waals surface area contributed by atoms with Gasteiger partial charge in [-0.25, -0.2) is 63.5 Å². The van der Waals surface area contributed by atoms with Gasteiger partial charge in [0.15, 0.2) is 24.2 Å². The Kier molecular flexibility index (Phi) is 28.0. The van der Waals surface area contributed by atoms with Crippen LogP contribution in [0.3, 0.4) is 0 Å². The highest BCUT2D eigenvalue weighted by molar-refractivity contribution is 8.14. The van der Waals surface area contributed by atoms with Gasteiger partial charge >= 0.3 is 39.4 Å². The number of aromatic amines is 2. The fourth-order valence-corrected chi connectivity index (χ4v) is 20.7. The van der Waals surface area contributed by atoms with Crippen LogP contribution in [-0.2, 0) is 0 Å². The summed E-state index contributed by atoms with van der Waals surface area (Å²) in [7, 11) is 0. The summed E-state index contributed by atoms with van der Waals surface area (Å²) in [5.74, 6) is 0. The number of H-pyrrole nitrogens is 2. The summed E-state index contributed by atoms with van der Waals surface area (Å²) in [6.45, 7) is 0.613. The number of benzene rings is 8. The first kappa shape index (κ1) is 84.4. The van der Waals surface area contributed by atoms with E-state index in [9.17, 15) is 33.6 Å². The van der Waals surface area contributed by atoms with Gasteiger partial charge in [-0.1, -0.05) is 222 Å². The maximum atomic E-state index is 11.7. The van der Waals surface area contributed by atoms with E-state index in [1.54, 1.807) is 125 Å². The van der Waals surface area contributed by atoms with E-state index in [0.29, 0.717) is 50.8 Å². The standard InChI is InChI=1S/C16H10N2O2S.C14H9NO2S.C13H8O2S2.2C12H8N2O2S.2C12H7NO2S2/c19-15-9-14(10-5-1-4-8-13(10)20-15)21-16-17-11-6-2-3-7-12(11)18-16;16-14-9-12(18-13-7-3-4-8-15-13)10-5-1-2-6-11(10)17-14;14-12-8-11(17-13-6-3-7-16-13)9-4-1-2-5-10(9)15-12;2*15-11-7-10(17-12-13-5-6-14-12)8-3-1-2-4-9(8)16-11;2*14-11-7-10(17-12-13-5-6-16-12)8-3-1-2-4-9(8)15-11/h1-9H,(H,17,18);1-9H;1-8H;1-5,7H,6H2;1-7H,(H,13,14);2*1-7H. The normalized spacial score (nSPS) is 11.3. The molecule has 0 saturated carbocycles. The number of nitrogens with zero attached hydrogens (tertiary/aromatic N) is 7. The highest BCUT2D eigenvalue weighted by atomic mass is 32.2. The maximum absolute atomic E-state index is 11.7. The van der Waals surface area contributed by atoms with Crippen LogP contribution >= 0.6 is 116 Å². The molecule has 1 aliphatic heterocycles. The number of hydrogen-bond acceptors (Lipinski definition) is 31. The number of aromatic nitrogens is 7. The van der Waals surface area contributed by atoms with Crippen molar-refractivity contribution in [3.63, 3.8) is 0 Å². The Bertz CT molecular complexity index is 7280. The number of rotatable bonds is 13. The van der Waals surface area contributed by atoms with Gasteiger partial charge in [-0.15, -0.1) is 34.0 Å². The molecule has 1 aliphatic rings. The van der Waals surface area contributed by atoms with Gasteiger partial charge in [-0.05, 0) is 89.9 Å². The van der Waals surface area contributed by atoms with Crippen molar-refractivity contribution in [2.24, 2.45) is 9.98 Å². The predicted molar refractivity (Wildman–Crippen MR) is 496 cm³/mol. The molecule has 33 heteroatoms. The van der Waals surface area contributed by atoms with E-state index in [-0.39, 0.29) is 39.4 Å². The van der Waals surface area contributed by atoms with Crippen molar-refractivity contribution in [3.05, 3.63) is 387 Å². The molecule has 0 fully saturated rings. The quantitative estimate of drug-likeness (QED) is 0.101. The Morgan fingerprint density at radius 2 is 0.677 bits per heavy atom. The fraction of sp³-hybridized carbons (Fsp3) is 0.0110. The molecule has 0 atom stereocenters. The van der Waals surface area contributed by atoms with Crippen molar-refractivity contribution >= 4 is 216 Å². The van der Waals surface area contributed by atoms with E-state index in [2.05, 4.69) is 44.9 Å². The lowest BCUT2D eigenvalue weighted by molar-refractivity contribution is 0.557. The van der Waals surface area contributed by atoms with E-state index in [1.807, 2.05) is 204 Å². The summed E-state index contributed by atoms with van der Waals surface area (Å²) >= 11 is 15.0. The van der Waals surface area contributed by atoms with Crippen LogP contribution < -0.4 is 39.4 Å². The molecule has 21 aromatic rings. The third-order valence-electron chi connectivity index (χ3n) is 17.0. The average molecular weight is 1820 g/mol. The first-order valence-electron chi connectivity index (χ1n) is 37.0. The van der Waals surface area contributed by atoms with Crippen LogP contribution in [0.25, 0.3) is 87.8 Å². The van der Waals surface area contributed by atoms with Crippen molar-refractivity contribution in [1.29, 1.82) is 0 Å². The fourth-order valence-electron chi connectivity index (χ4n) is 11.8. The Hall–Kier alpha value is -13.2. The zero-order valence-corrected chi connectivity index (χ0v) is 71.9. The van der Waals surface area contributed by atoms with Crippen LogP contribution in [0, 0.1) is 0 Å². The van der Waals surface area contributed by atoms with E-state index in [1.165, 1.54) is 111 Å². The molecule has 14 heterocycles. The summed E-state index contributed by atoms with van der Waals surface area (Å²) in [6.07, 6.45) is 10.4. The number of thiophene rings is 1. The molecule has 0 aliphatic carbocycles. The van der Waals surface area contributed by atoms with Crippen molar-refractivity contribution < 1.29 is 30.9 Å². The topological polar surface area (TPSA) is 332 Å². The second-order valence-corrected chi connectivity index (χ2v) is 36.1. The first-order chi connectivity index (χ1) is 60.8. The van der Waals surface area contributed by atoms with Crippen molar-refractivity contribution in [3.8, 4) is 0 Å². The molecule has 0 amide bonds. The van der Waals surface area contributed by atoms with Crippen LogP contribution in [0.15, 0.2) is 451 Å². The number of fused-ring (bicyclic) bond motifs is 8. The summed E-state index contributed by atoms with van der Waals surface area (Å²) in [6, 6.07) is 80.6. The molecular formula is C91H57N9O14S10. The smallest absolute Gasteiger partial charge is 0.337 e. The summed E-state index contributed by atoms with van der Waals surface area (Å²) in [5.41, 5.74) is 3.75. The van der Waals surface area contributed by atoms with Crippen molar-refractivity contribution in [2.45, 2.75) is 62.5 Å². The number of thioether (sulfide) groups is 1. The number of thiazole rings is 2. The zero-order valence-electron chi connectivity index (χ0n) is 63.7. The highest BCUT2D eigenvalue weighted by Gasteiger charge is 2.16. The molecule has 610 valence electrons. The number of hydrogen-bond donors (Lipinski definition) is 2. The second-order valence-electron chi connectivity index (χ2n) is 25.3. The van der Waals surface area contributed by atoms with Crippen LogP contribution in [-0.4, -0.2) is 52.8 Å². The number of aliphatic imine (C=N–C) groups is 2. The van der Waals surface area contributed by atoms with Crippen LogP contribution in [0.5, 0.6) is 0 Å². The van der Waals surface area contributed by atoms with Crippen molar-refractivity contribution in [2.75, 3.05) is 6.54 Å². The largest absolute Gasteiger partial charge is 0.423 e. The monoisotopic (exact) mass is 1820 g/mol. The molecule has 22 rings (SSSR count). The van der Waals surface area contributed by atoms with Gasteiger partial charge in [0.05, 0.1) is 21.8 Å². The number of nitrogens with one attached hydrogen (secondary N) is 2. The van der Waals surface area contributed by atoms with Gasteiger partial charge in [0.2, 0.25) is 0 Å². The summed E-state index contributed by atoms with van der Waals surface area (Å²) in [4.78, 5) is 122. The maximum Gasteiger partial charge on any atom is 0.337 e. The van der Waals surface area contributed by atoms with Gasteiger partial charge in [-0.3, -0.25) is 4.99 Å². The lowest BCUT2D eigenvalue weighted by atomic mass is 10.2. The Balaban J connectivity index is 0.000000107. The number of amidine groups is 1. The average Bonchev–Trinajstić information content (AvgIpc) is 1.58. The van der Waals surface area contributed by atoms with E-state index in [4.69, 9.17) is 30.9 Å². The van der Waals surface area contributed by atoms with E-state index in [0.717, 1.165) is 107 Å². The molecule has 23 nitrogen and oxygen atoms in total. The molecular weight excluding hydrogens is 1760 g/mol. The molecule has 0 unspecified atom stereocenters. The van der Waals surface area contributed by atoms with Gasteiger partial charge in [0.25, 0.3) is 0 Å². The summed E-state index contributed by atoms with van der Waals surface area (Å²) < 4.78 is 39.0. The molecule has 8 aromatic carbocycles. The van der Waals surface area contributed by atoms with Gasteiger partial charge in [-0.2, -0.15) is 0 Å². The van der Waals surface area contributed by atoms with Gasteiger partial charge in [0.1, 0.15) is 44.1 Å². The second kappa shape index (κ2) is 41.1. The molecule has 13 aromatic heterocycles. The highest BCUT2D eigenvalue weighted by Crippen LogP contribution is 2.39. The third kappa shape index (κ3) is 22.4. The minimum absolute atomic E-state index is 0.303. The minimum Gasteiger partial charge on any atom is -0.423 e. The number of imidazole rings is 2. The SMILES string of the molecule is O=c1cc(SC2=NCC=N2)c2ccccc2o1.O=c1cc(Sc2ccccn2)c2ccccc2o1.O=c1cc(Sc2cccs2)c2ccccc2o1.O=c1cc(Sc2nc3ccccc3[nH]2)c2ccccc2o1.O=c1cc(Sc2ncc[nH]2)c2ccccc2o1.O=c1cc(Sc2nccs2)c2ccccc2o1.O=c1cc(Sc2nccs2)c2ccccc2o1. The first-order valence-corrected chi connectivity index (χ1v) is 45.3. The zero-order chi connectivity index (χ0) is 84.9. The Labute approximate surface area is 741 Å². The van der Waals surface area contributed by atoms with E-state index >= 15 is 0 Å². The lowest BCUT2D eigenvalue weighted by Crippen LogP contribution is -1.98. The minimum atomic E-state index is -0.354. The van der Waals surface area contributed by atoms with Crippen LogP contribution in [0.1, 0.15) is 0 Å². The van der Waals surface area contributed by atoms with Gasteiger partial charge in [0, 0.05) is 162 Å². The van der Waals surface area contributed by atoms with E-state index < -0.39 is 0 Å². The molecule has 0 spiro atoms. The Morgan fingerprint density at radius 3 is 1.03 bits per heavy atom. The molecule has 0 bridgehead atoms. The third-order valence-corrected chi connectivity index (χ3v) is 26.9. The molecule has 0 saturated heterocycles. The number of para-hydroxylation sites is 9. The van der Waals surface area contributed by atoms with Crippen LogP contribution in [0.4, 0.5) is 0 Å². The predicted octanol–water partition coefficient (Wildman–Crippen LogP) is 23.0. The molecule has 124 heavy (non-hydrogen) atoms. The van der Waals surface area contributed by atoms with Gasteiger partial charge < -0.3 is 40.9 Å². The lowest BCUT2D eigenvalue weighted by Gasteiger charge is -2.03. The summed E-state index contributed by atoms with van der Waals surface area (Å²) in [5, 5.41) is 15.4. The van der Waals surface area contributed by atoms with Crippen molar-refractivity contribution in [1.82, 2.24) is 34.9 Å². The Morgan fingerprint density at radius 1 is 0.306 bits per heavy atom.